The van der Waals surface area contributed by atoms with Crippen LogP contribution in [0.2, 0.25) is 0 Å². The van der Waals surface area contributed by atoms with E-state index in [1.165, 1.54) is 64.5 Å². The number of likely N-dealkylation sites (tertiary alicyclic amines) is 1. The van der Waals surface area contributed by atoms with E-state index >= 15 is 0 Å². The molecule has 0 bridgehead atoms. The van der Waals surface area contributed by atoms with E-state index in [2.05, 4.69) is 10.2 Å². The van der Waals surface area contributed by atoms with Gasteiger partial charge in [-0.1, -0.05) is 25.7 Å². The fraction of sp³-hybridized carbons (Fsp3) is 0.944. The van der Waals surface area contributed by atoms with Crippen LogP contribution in [0, 0.1) is 5.92 Å². The highest BCUT2D eigenvalue weighted by molar-refractivity contribution is 5.79. The normalized spacial score (nSPS) is 32.8. The topological polar surface area (TPSA) is 41.6 Å². The Balaban J connectivity index is 1.61. The number of carbonyl (C=O) groups is 1. The van der Waals surface area contributed by atoms with Gasteiger partial charge in [0.05, 0.1) is 12.0 Å². The summed E-state index contributed by atoms with van der Waals surface area (Å²) in [5, 5.41) is 3.30. The van der Waals surface area contributed by atoms with Gasteiger partial charge in [-0.3, -0.25) is 9.69 Å². The van der Waals surface area contributed by atoms with E-state index in [9.17, 15) is 4.79 Å². The predicted molar refractivity (Wildman–Crippen MR) is 87.8 cm³/mol. The summed E-state index contributed by atoms with van der Waals surface area (Å²) in [5.41, 5.74) is 0.233. The van der Waals surface area contributed by atoms with Crippen molar-refractivity contribution in [3.8, 4) is 0 Å². The maximum Gasteiger partial charge on any atom is 0.225 e. The lowest BCUT2D eigenvalue weighted by atomic mass is 9.79. The van der Waals surface area contributed by atoms with Gasteiger partial charge in [-0.15, -0.1) is 0 Å². The summed E-state index contributed by atoms with van der Waals surface area (Å²) in [5.74, 6) is 0.272. The number of hydrogen-bond donors (Lipinski definition) is 1. The fourth-order valence-electron chi connectivity index (χ4n) is 4.64. The summed E-state index contributed by atoms with van der Waals surface area (Å²) in [6, 6.07) is 0. The number of nitrogens with one attached hydrogen (secondary N) is 1. The Morgan fingerprint density at radius 2 is 1.82 bits per heavy atom. The Kier molecular flexibility index (Phi) is 5.40. The minimum atomic E-state index is 0.0574. The molecule has 4 nitrogen and oxygen atoms in total. The zero-order valence-corrected chi connectivity index (χ0v) is 14.1. The van der Waals surface area contributed by atoms with Crippen molar-refractivity contribution < 1.29 is 9.53 Å². The minimum absolute atomic E-state index is 0.0574. The molecular weight excluding hydrogens is 276 g/mol. The monoisotopic (exact) mass is 308 g/mol. The lowest BCUT2D eigenvalue weighted by molar-refractivity contribution is -0.127. The van der Waals surface area contributed by atoms with Gasteiger partial charge < -0.3 is 10.1 Å². The molecule has 1 amide bonds. The van der Waals surface area contributed by atoms with Crippen molar-refractivity contribution in [2.45, 2.75) is 76.4 Å². The molecule has 0 aromatic heterocycles. The third-order valence-electron chi connectivity index (χ3n) is 6.12. The Labute approximate surface area is 135 Å². The highest BCUT2D eigenvalue weighted by Crippen LogP contribution is 2.35. The number of carbonyl (C=O) groups excluding carboxylic acids is 1. The number of piperidine rings is 1. The van der Waals surface area contributed by atoms with Crippen molar-refractivity contribution in [1.29, 1.82) is 0 Å². The predicted octanol–water partition coefficient (Wildman–Crippen LogP) is 2.72. The SMILES string of the molecule is CC1OCCC1C(=O)NCC1(N2CCCCC2)CCCCC1. The van der Waals surface area contributed by atoms with Crippen LogP contribution in [0.5, 0.6) is 0 Å². The van der Waals surface area contributed by atoms with Crippen LogP contribution in [0.3, 0.4) is 0 Å². The Morgan fingerprint density at radius 1 is 1.14 bits per heavy atom. The van der Waals surface area contributed by atoms with Crippen LogP contribution in [0.25, 0.3) is 0 Å². The number of hydrogen-bond acceptors (Lipinski definition) is 3. The van der Waals surface area contributed by atoms with Gasteiger partial charge in [0.25, 0.3) is 0 Å². The van der Waals surface area contributed by atoms with Crippen molar-refractivity contribution in [3.63, 3.8) is 0 Å². The van der Waals surface area contributed by atoms with Gasteiger partial charge >= 0.3 is 0 Å². The summed E-state index contributed by atoms with van der Waals surface area (Å²) in [7, 11) is 0. The maximum atomic E-state index is 12.5. The maximum absolute atomic E-state index is 12.5. The molecule has 4 heteroatoms. The van der Waals surface area contributed by atoms with Gasteiger partial charge in [-0.05, 0) is 52.1 Å². The van der Waals surface area contributed by atoms with Gasteiger partial charge in [-0.2, -0.15) is 0 Å². The van der Waals surface area contributed by atoms with Gasteiger partial charge in [0, 0.05) is 18.7 Å². The summed E-state index contributed by atoms with van der Waals surface area (Å²) >= 11 is 0. The van der Waals surface area contributed by atoms with Gasteiger partial charge in [0.1, 0.15) is 0 Å². The van der Waals surface area contributed by atoms with E-state index in [0.717, 1.165) is 19.6 Å². The molecule has 3 aliphatic rings. The van der Waals surface area contributed by atoms with E-state index in [0.29, 0.717) is 0 Å². The van der Waals surface area contributed by atoms with Crippen molar-refractivity contribution in [1.82, 2.24) is 10.2 Å². The molecule has 1 N–H and O–H groups in total. The molecule has 1 saturated carbocycles. The third kappa shape index (κ3) is 3.48. The Morgan fingerprint density at radius 3 is 2.45 bits per heavy atom. The van der Waals surface area contributed by atoms with Crippen LogP contribution in [0.15, 0.2) is 0 Å². The molecule has 3 rings (SSSR count). The zero-order chi connectivity index (χ0) is 15.4. The molecule has 0 aromatic rings. The van der Waals surface area contributed by atoms with Gasteiger partial charge in [-0.25, -0.2) is 0 Å². The molecule has 3 fully saturated rings. The van der Waals surface area contributed by atoms with Gasteiger partial charge in [0.2, 0.25) is 5.91 Å². The van der Waals surface area contributed by atoms with Gasteiger partial charge in [0.15, 0.2) is 0 Å². The fourth-order valence-corrected chi connectivity index (χ4v) is 4.64. The largest absolute Gasteiger partial charge is 0.378 e. The molecule has 0 radical (unpaired) electrons. The lowest BCUT2D eigenvalue weighted by Gasteiger charge is -2.48. The van der Waals surface area contributed by atoms with E-state index in [1.807, 2.05) is 6.92 Å². The van der Waals surface area contributed by atoms with Crippen LogP contribution in [-0.2, 0) is 9.53 Å². The van der Waals surface area contributed by atoms with Crippen molar-refractivity contribution in [2.24, 2.45) is 5.92 Å². The highest BCUT2D eigenvalue weighted by atomic mass is 16.5. The van der Waals surface area contributed by atoms with Crippen LogP contribution in [-0.4, -0.2) is 48.7 Å². The third-order valence-corrected chi connectivity index (χ3v) is 6.12. The molecule has 2 unspecified atom stereocenters. The smallest absolute Gasteiger partial charge is 0.225 e. The zero-order valence-electron chi connectivity index (χ0n) is 14.1. The second-order valence-corrected chi connectivity index (χ2v) is 7.52. The van der Waals surface area contributed by atoms with Crippen LogP contribution >= 0.6 is 0 Å². The molecule has 22 heavy (non-hydrogen) atoms. The van der Waals surface area contributed by atoms with E-state index in [-0.39, 0.29) is 23.5 Å². The second kappa shape index (κ2) is 7.31. The van der Waals surface area contributed by atoms with Crippen molar-refractivity contribution >= 4 is 5.91 Å². The number of amides is 1. The molecule has 2 saturated heterocycles. The summed E-state index contributed by atoms with van der Waals surface area (Å²) in [6.45, 7) is 6.04. The molecule has 1 aliphatic carbocycles. The summed E-state index contributed by atoms with van der Waals surface area (Å²) in [4.78, 5) is 15.2. The standard InChI is InChI=1S/C18H32N2O2/c1-15-16(8-13-22-15)17(21)19-14-18(9-4-2-5-10-18)20-11-6-3-7-12-20/h15-16H,2-14H2,1H3,(H,19,21). The van der Waals surface area contributed by atoms with Crippen LogP contribution < -0.4 is 5.32 Å². The molecule has 0 spiro atoms. The number of nitrogens with zero attached hydrogens (tertiary/aromatic N) is 1. The first kappa shape index (κ1) is 16.3. The number of rotatable bonds is 4. The molecule has 2 heterocycles. The van der Waals surface area contributed by atoms with Crippen molar-refractivity contribution in [3.05, 3.63) is 0 Å². The Hall–Kier alpha value is -0.610. The van der Waals surface area contributed by atoms with E-state index in [4.69, 9.17) is 4.74 Å². The molecule has 2 atom stereocenters. The molecule has 126 valence electrons. The molecular formula is C18H32N2O2. The summed E-state index contributed by atoms with van der Waals surface area (Å²) in [6.07, 6.45) is 11.5. The Bertz CT molecular complexity index is 373. The summed E-state index contributed by atoms with van der Waals surface area (Å²) < 4.78 is 5.55. The van der Waals surface area contributed by atoms with Crippen LogP contribution in [0.1, 0.15) is 64.7 Å². The average Bonchev–Trinajstić information content (AvgIpc) is 3.00. The van der Waals surface area contributed by atoms with E-state index in [1.54, 1.807) is 0 Å². The lowest BCUT2D eigenvalue weighted by Crippen LogP contribution is -2.58. The first-order valence-corrected chi connectivity index (χ1v) is 9.36. The number of ether oxygens (including phenoxy) is 1. The molecule has 2 aliphatic heterocycles. The second-order valence-electron chi connectivity index (χ2n) is 7.52. The minimum Gasteiger partial charge on any atom is -0.378 e. The average molecular weight is 308 g/mol. The molecule has 0 aromatic carbocycles. The van der Waals surface area contributed by atoms with E-state index < -0.39 is 0 Å². The first-order valence-electron chi connectivity index (χ1n) is 9.36. The first-order chi connectivity index (χ1) is 10.7. The highest BCUT2D eigenvalue weighted by Gasteiger charge is 2.39. The van der Waals surface area contributed by atoms with Crippen LogP contribution in [0.4, 0.5) is 0 Å². The quantitative estimate of drug-likeness (QED) is 0.868. The van der Waals surface area contributed by atoms with Crippen molar-refractivity contribution in [2.75, 3.05) is 26.2 Å².